The molecule has 113 heavy (non-hydrogen) atoms. The minimum atomic E-state index is -1.41. The number of carboxylic acid groups (broad SMARTS) is 1. The number of ether oxygens (including phenoxy) is 2. The number of pyridine rings is 3. The lowest BCUT2D eigenvalue weighted by Gasteiger charge is -2.19. The molecule has 9 heterocycles. The highest BCUT2D eigenvalue weighted by Crippen LogP contribution is 2.35. The first-order chi connectivity index (χ1) is 52.9. The Morgan fingerprint density at radius 2 is 0.912 bits per heavy atom. The number of rotatable bonds is 19. The topological polar surface area (TPSA) is 412 Å². The molecule has 0 fully saturated rings. The molecule has 596 valence electrons. The zero-order valence-corrected chi connectivity index (χ0v) is 71.0. The maximum Gasteiger partial charge on any atom is 0.488 e. The van der Waals surface area contributed by atoms with Crippen molar-refractivity contribution in [2.45, 2.75) is 52.7 Å². The zero-order valence-electron chi connectivity index (χ0n) is 64.4. The van der Waals surface area contributed by atoms with E-state index in [0.29, 0.717) is 122 Å². The predicted octanol–water partition coefficient (Wildman–Crippen LogP) is 10.3. The zero-order chi connectivity index (χ0) is 82.3. The number of carboxylic acids is 1. The Labute approximate surface area is 695 Å². The van der Waals surface area contributed by atoms with Crippen molar-refractivity contribution in [3.63, 3.8) is 0 Å². The quantitative estimate of drug-likeness (QED) is 0.0225. The molecule has 0 spiro atoms. The van der Waals surface area contributed by atoms with Gasteiger partial charge in [-0.2, -0.15) is 29.3 Å². The van der Waals surface area contributed by atoms with Crippen LogP contribution in [0.25, 0.3) is 61.8 Å². The average molecular weight is 1830 g/mol. The van der Waals surface area contributed by atoms with Crippen molar-refractivity contribution in [2.24, 2.45) is 0 Å². The highest BCUT2D eigenvalue weighted by Gasteiger charge is 2.26. The molecule has 9 aromatic heterocycles. The summed E-state index contributed by atoms with van der Waals surface area (Å²) in [6, 6.07) is 24.3. The second-order valence-corrected chi connectivity index (χ2v) is 29.6. The Morgan fingerprint density at radius 3 is 1.31 bits per heavy atom. The minimum Gasteiger partial charge on any atom is -0.478 e. The third-order valence-corrected chi connectivity index (χ3v) is 16.7. The second-order valence-electron chi connectivity index (χ2n) is 26.7. The fraction of sp³-hybridized carbons (Fsp3) is 0.274. The number of nitrogens with two attached hydrogens (primary N) is 1. The molecule has 0 saturated carbocycles. The number of likely N-dealkylation sites (N-methyl/N-ethyl adjacent to an activating group) is 5. The molecule has 40 heteroatoms. The number of hydrogen-bond donors (Lipinski definition) is 7. The molecule has 8 N–H and O–H groups in total. The summed E-state index contributed by atoms with van der Waals surface area (Å²) >= 11 is 15.8. The average Bonchev–Trinajstić information content (AvgIpc) is 1.62. The molecule has 0 radical (unpaired) electrons. The van der Waals surface area contributed by atoms with Crippen LogP contribution in [0.2, 0.25) is 10.0 Å². The Kier molecular flexibility index (Phi) is 34.3. The van der Waals surface area contributed by atoms with E-state index in [2.05, 4.69) is 116 Å². The number of hydrogen-bond acceptors (Lipinski definition) is 26. The van der Waals surface area contributed by atoms with Gasteiger partial charge in [0.05, 0.1) is 51.8 Å². The van der Waals surface area contributed by atoms with Crippen LogP contribution in [-0.4, -0.2) is 235 Å². The van der Waals surface area contributed by atoms with Crippen LogP contribution in [0.1, 0.15) is 41.5 Å². The van der Waals surface area contributed by atoms with Gasteiger partial charge in [0.1, 0.15) is 49.1 Å². The first-order valence-corrected chi connectivity index (χ1v) is 36.8. The minimum absolute atomic E-state index is 0. The second kappa shape index (κ2) is 42.4. The van der Waals surface area contributed by atoms with Crippen LogP contribution in [-0.2, 0) is 23.9 Å². The van der Waals surface area contributed by atoms with Gasteiger partial charge in [0, 0.05) is 74.6 Å². The fourth-order valence-electron chi connectivity index (χ4n) is 9.35. The Morgan fingerprint density at radius 1 is 0.522 bits per heavy atom. The van der Waals surface area contributed by atoms with E-state index in [0.717, 1.165) is 17.3 Å². The van der Waals surface area contributed by atoms with E-state index < -0.39 is 36.5 Å². The smallest absolute Gasteiger partial charge is 0.478 e. The molecule has 0 aliphatic carbocycles. The number of aliphatic carboxylic acids is 1. The number of fused-ring (bicyclic) bond motifs is 3. The number of nitrogens with one attached hydrogen (secondary N) is 3. The van der Waals surface area contributed by atoms with Crippen molar-refractivity contribution in [2.75, 3.05) is 115 Å². The third-order valence-electron chi connectivity index (χ3n) is 14.6. The SMILES string of the molecule is CN(C)C/C=C/C(=O)N(C)c1ccc(-n2nc(-c3ccc(Cl)cc3)c3c(NC(=O)OC(C)(C)C)ncnc32)nc1.CN(C)C/C=C/C(=O)N(C)c1ccc(-n2nc(I)c3c(N)ncnc32)nc1.CN(C)C/C=C/C(=O)O.CNc1ccc(-n2nc(I)c3c(NC(=O)OC(C)(C)C)ncnc32)nc1.Cl.OB(O)c1ccc(Cl)cc1. The largest absolute Gasteiger partial charge is 0.488 e. The van der Waals surface area contributed by atoms with Gasteiger partial charge < -0.3 is 60.2 Å². The number of carbonyl (C=O) groups excluding carboxylic acids is 4. The summed E-state index contributed by atoms with van der Waals surface area (Å²) in [6.45, 7) is 12.8. The highest BCUT2D eigenvalue weighted by atomic mass is 127. The molecule has 0 atom stereocenters. The normalized spacial score (nSPS) is 11.3. The molecule has 4 amide bonds. The third kappa shape index (κ3) is 27.4. The molecule has 0 aliphatic heterocycles. The number of nitrogens with zero attached hydrogens (tertiary/aromatic N) is 20. The van der Waals surface area contributed by atoms with Crippen LogP contribution in [0, 0.1) is 7.40 Å². The molecule has 0 bridgehead atoms. The first kappa shape index (κ1) is 91.4. The van der Waals surface area contributed by atoms with E-state index in [9.17, 15) is 24.0 Å². The number of carbonyl (C=O) groups is 5. The molecule has 11 rings (SSSR count). The lowest BCUT2D eigenvalue weighted by atomic mass is 9.81. The lowest BCUT2D eigenvalue weighted by Crippen LogP contribution is -2.29. The van der Waals surface area contributed by atoms with E-state index in [1.165, 1.54) is 34.9 Å². The molecule has 34 nitrogen and oxygen atoms in total. The summed E-state index contributed by atoms with van der Waals surface area (Å²) in [5.41, 5.74) is 10.1. The van der Waals surface area contributed by atoms with E-state index in [1.54, 1.807) is 161 Å². The van der Waals surface area contributed by atoms with Gasteiger partial charge in [0.2, 0.25) is 11.8 Å². The summed E-state index contributed by atoms with van der Waals surface area (Å²) in [6.07, 6.45) is 17.2. The van der Waals surface area contributed by atoms with Gasteiger partial charge in [0.15, 0.2) is 46.0 Å². The van der Waals surface area contributed by atoms with Crippen molar-refractivity contribution >= 4 is 191 Å². The van der Waals surface area contributed by atoms with E-state index in [-0.39, 0.29) is 30.0 Å². The maximum atomic E-state index is 12.6. The number of amides is 4. The Hall–Kier alpha value is -10.5. The maximum absolute atomic E-state index is 12.6. The highest BCUT2D eigenvalue weighted by molar-refractivity contribution is 14.1. The summed E-state index contributed by atoms with van der Waals surface area (Å²) < 4.78 is 16.8. The molecule has 0 unspecified atom stereocenters. The Bertz CT molecular complexity index is 5120. The van der Waals surface area contributed by atoms with E-state index >= 15 is 0 Å². The standard InChI is InChI=1S/C28H31ClN8O3.C17H19IN8O.C16H18IN7O2.C6H6BClO2.C6H11NO2.ClH/c1-28(2,3)40-27(39)33-25-23-24(18-9-11-19(29)12-10-18)34-37(26(23)32-17-31-25)21-14-13-20(16-30-21)36(6)22(38)8-7-15-35(4)5;1-24(2)8-4-5-13(27)25(3)11-6-7-12(20-9-11)26-17-14(15(18)23-26)16(19)21-10-22-17;1-16(2,3)26-15(25)22-13-11-12(17)23-24(14(11)21-8-20-13)10-6-5-9(18-4)7-19-10;8-6-3-1-5(2-4-6)7(9)10;1-7(2)5-3-4-6(8)9;/h7-14,16-17H,15H2,1-6H3,(H,31,32,33,39);4-7,9-10H,8H2,1-3H3,(H2,19,21,22);5-8,18H,1-4H3,(H,20,21,22,25);1-4,9-10H;3-4H,5H2,1-2H3,(H,8,9);1H/b8-7+;5-4+;;;4-3+;. The number of nitrogen functional groups attached to an aromatic ring is 1. The van der Waals surface area contributed by atoms with E-state index in [4.69, 9.17) is 58.7 Å². The molecular formula is C73H86BCl3I2N24O10. The van der Waals surface area contributed by atoms with Gasteiger partial charge in [-0.25, -0.2) is 59.2 Å². The fourth-order valence-corrected chi connectivity index (χ4v) is 11.0. The van der Waals surface area contributed by atoms with Gasteiger partial charge >= 0.3 is 25.3 Å². The molecule has 0 saturated heterocycles. The van der Waals surface area contributed by atoms with Gasteiger partial charge in [-0.15, -0.1) is 12.4 Å². The molecule has 2 aromatic carbocycles. The first-order valence-electron chi connectivity index (χ1n) is 33.9. The summed E-state index contributed by atoms with van der Waals surface area (Å²) in [7, 11) is 15.3. The molecule has 0 aliphatic rings. The van der Waals surface area contributed by atoms with E-state index in [1.807, 2.05) is 100 Å². The van der Waals surface area contributed by atoms with Crippen LogP contribution in [0.15, 0.2) is 159 Å². The number of halogens is 5. The van der Waals surface area contributed by atoms with Crippen LogP contribution >= 0.6 is 80.8 Å². The van der Waals surface area contributed by atoms with Crippen LogP contribution in [0.4, 0.5) is 44.1 Å². The van der Waals surface area contributed by atoms with Gasteiger partial charge in [0.25, 0.3) is 0 Å². The number of benzene rings is 2. The number of aromatic nitrogens is 15. The predicted molar refractivity (Wildman–Crippen MR) is 459 cm³/mol. The summed E-state index contributed by atoms with van der Waals surface area (Å²) in [4.78, 5) is 107. The Balaban J connectivity index is 0.000000240. The molecular weight excluding hydrogens is 1740 g/mol. The number of anilines is 6. The van der Waals surface area contributed by atoms with Crippen molar-refractivity contribution in [3.05, 3.63) is 176 Å². The van der Waals surface area contributed by atoms with Crippen LogP contribution in [0.5, 0.6) is 0 Å². The summed E-state index contributed by atoms with van der Waals surface area (Å²) in [5, 5.41) is 50.5. The molecule has 11 aromatic rings. The van der Waals surface area contributed by atoms with Crippen LogP contribution < -0.4 is 36.9 Å². The van der Waals surface area contributed by atoms with Gasteiger partial charge in [-0.3, -0.25) is 20.2 Å². The van der Waals surface area contributed by atoms with Crippen molar-refractivity contribution in [3.8, 4) is 28.7 Å². The van der Waals surface area contributed by atoms with Gasteiger partial charge in [-0.1, -0.05) is 65.7 Å². The van der Waals surface area contributed by atoms with Crippen LogP contribution in [0.3, 0.4) is 0 Å². The van der Waals surface area contributed by atoms with Crippen molar-refractivity contribution in [1.29, 1.82) is 0 Å². The van der Waals surface area contributed by atoms with Crippen molar-refractivity contribution in [1.82, 2.24) is 88.9 Å². The summed E-state index contributed by atoms with van der Waals surface area (Å²) in [5.74, 6) is 1.42. The lowest BCUT2D eigenvalue weighted by molar-refractivity contribution is -0.131. The van der Waals surface area contributed by atoms with Crippen molar-refractivity contribution < 1.29 is 48.6 Å². The monoisotopic (exact) mass is 1830 g/mol. The van der Waals surface area contributed by atoms with Gasteiger partial charge in [-0.05, 0) is 195 Å².